The molecule has 6 nitrogen and oxygen atoms in total. The molecule has 1 aromatic rings. The Hall–Kier alpha value is -1.79. The van der Waals surface area contributed by atoms with Crippen molar-refractivity contribution in [3.05, 3.63) is 29.3 Å². The van der Waals surface area contributed by atoms with Crippen molar-refractivity contribution < 1.29 is 19.1 Å². The molecule has 1 atom stereocenters. The van der Waals surface area contributed by atoms with Gasteiger partial charge in [-0.1, -0.05) is 18.5 Å². The molecule has 0 bridgehead atoms. The van der Waals surface area contributed by atoms with Crippen molar-refractivity contribution in [2.75, 3.05) is 38.7 Å². The highest BCUT2D eigenvalue weighted by Crippen LogP contribution is 2.14. The van der Waals surface area contributed by atoms with Crippen molar-refractivity contribution in [2.45, 2.75) is 20.3 Å². The van der Waals surface area contributed by atoms with E-state index in [4.69, 9.17) is 21.1 Å². The van der Waals surface area contributed by atoms with E-state index in [1.807, 2.05) is 6.92 Å². The van der Waals surface area contributed by atoms with E-state index in [0.29, 0.717) is 36.9 Å². The average Bonchev–Trinajstić information content (AvgIpc) is 2.58. The van der Waals surface area contributed by atoms with Crippen LogP contribution >= 0.6 is 11.6 Å². The third-order valence-corrected chi connectivity index (χ3v) is 3.65. The normalized spacial score (nSPS) is 11.7. The molecule has 0 radical (unpaired) electrons. The summed E-state index contributed by atoms with van der Waals surface area (Å²) in [6.07, 6.45) is 0.690. The van der Waals surface area contributed by atoms with Gasteiger partial charge in [-0.15, -0.1) is 0 Å². The maximum absolute atomic E-state index is 12.5. The van der Waals surface area contributed by atoms with E-state index < -0.39 is 5.92 Å². The fourth-order valence-corrected chi connectivity index (χ4v) is 2.25. The SMILES string of the molecule is CCOCCCN(CC(C)C(=O)OC)C(=O)Nc1ccc(Cl)cc1. The van der Waals surface area contributed by atoms with E-state index in [1.54, 1.807) is 36.1 Å². The number of halogens is 1. The summed E-state index contributed by atoms with van der Waals surface area (Å²) in [6.45, 7) is 5.61. The second-order valence-electron chi connectivity index (χ2n) is 5.36. The lowest BCUT2D eigenvalue weighted by molar-refractivity contribution is -0.145. The highest BCUT2D eigenvalue weighted by atomic mass is 35.5. The zero-order valence-electron chi connectivity index (χ0n) is 14.4. The van der Waals surface area contributed by atoms with Crippen LogP contribution in [-0.2, 0) is 14.3 Å². The molecule has 7 heteroatoms. The van der Waals surface area contributed by atoms with Gasteiger partial charge in [0.25, 0.3) is 0 Å². The van der Waals surface area contributed by atoms with E-state index in [-0.39, 0.29) is 18.5 Å². The number of ether oxygens (including phenoxy) is 2. The van der Waals surface area contributed by atoms with Gasteiger partial charge in [-0.25, -0.2) is 4.79 Å². The third-order valence-electron chi connectivity index (χ3n) is 3.40. The van der Waals surface area contributed by atoms with Crippen LogP contribution in [0.2, 0.25) is 5.02 Å². The lowest BCUT2D eigenvalue weighted by Crippen LogP contribution is -2.40. The van der Waals surface area contributed by atoms with Crippen molar-refractivity contribution in [1.82, 2.24) is 4.90 Å². The monoisotopic (exact) mass is 356 g/mol. The predicted octanol–water partition coefficient (Wildman–Crippen LogP) is 3.41. The predicted molar refractivity (Wildman–Crippen MR) is 94.3 cm³/mol. The molecule has 0 aromatic heterocycles. The standard InChI is InChI=1S/C17H25ClN2O4/c1-4-24-11-5-10-20(12-13(2)16(21)23-3)17(22)19-15-8-6-14(18)7-9-15/h6-9,13H,4-5,10-12H2,1-3H3,(H,19,22). The van der Waals surface area contributed by atoms with Gasteiger partial charge in [-0.05, 0) is 37.6 Å². The number of nitrogens with one attached hydrogen (secondary N) is 1. The zero-order chi connectivity index (χ0) is 17.9. The van der Waals surface area contributed by atoms with Crippen LogP contribution in [0.25, 0.3) is 0 Å². The number of hydrogen-bond donors (Lipinski definition) is 1. The Labute approximate surface area is 148 Å². The summed E-state index contributed by atoms with van der Waals surface area (Å²) in [7, 11) is 1.34. The average molecular weight is 357 g/mol. The number of methoxy groups -OCH3 is 1. The molecule has 0 aliphatic rings. The summed E-state index contributed by atoms with van der Waals surface area (Å²) >= 11 is 5.84. The second kappa shape index (κ2) is 10.9. The summed E-state index contributed by atoms with van der Waals surface area (Å²) in [5.74, 6) is -0.748. The van der Waals surface area contributed by atoms with Crippen molar-refractivity contribution >= 4 is 29.3 Å². The first-order chi connectivity index (χ1) is 11.5. The Bertz CT molecular complexity index is 522. The lowest BCUT2D eigenvalue weighted by atomic mass is 10.1. The van der Waals surface area contributed by atoms with E-state index in [1.165, 1.54) is 7.11 Å². The fraction of sp³-hybridized carbons (Fsp3) is 0.529. The van der Waals surface area contributed by atoms with Gasteiger partial charge in [0.05, 0.1) is 13.0 Å². The number of anilines is 1. The number of hydrogen-bond acceptors (Lipinski definition) is 4. The van der Waals surface area contributed by atoms with Crippen LogP contribution < -0.4 is 5.32 Å². The van der Waals surface area contributed by atoms with Crippen LogP contribution in [0.5, 0.6) is 0 Å². The van der Waals surface area contributed by atoms with Gasteiger partial charge in [-0.3, -0.25) is 4.79 Å². The minimum Gasteiger partial charge on any atom is -0.469 e. The molecule has 24 heavy (non-hydrogen) atoms. The lowest BCUT2D eigenvalue weighted by Gasteiger charge is -2.25. The summed E-state index contributed by atoms with van der Waals surface area (Å²) < 4.78 is 10.0. The summed E-state index contributed by atoms with van der Waals surface area (Å²) in [5.41, 5.74) is 0.643. The summed E-state index contributed by atoms with van der Waals surface area (Å²) in [4.78, 5) is 25.7. The molecule has 1 N–H and O–H groups in total. The van der Waals surface area contributed by atoms with Gasteiger partial charge in [0, 0.05) is 37.0 Å². The molecular weight excluding hydrogens is 332 g/mol. The van der Waals surface area contributed by atoms with E-state index in [0.717, 1.165) is 0 Å². The van der Waals surface area contributed by atoms with Gasteiger partial charge < -0.3 is 19.7 Å². The molecule has 1 aromatic carbocycles. The number of rotatable bonds is 9. The van der Waals surface area contributed by atoms with Crippen LogP contribution in [0.3, 0.4) is 0 Å². The first-order valence-corrected chi connectivity index (χ1v) is 8.32. The molecular formula is C17H25ClN2O4. The van der Waals surface area contributed by atoms with Gasteiger partial charge in [-0.2, -0.15) is 0 Å². The summed E-state index contributed by atoms with van der Waals surface area (Å²) in [5, 5.41) is 3.41. The molecule has 0 aliphatic heterocycles. The second-order valence-corrected chi connectivity index (χ2v) is 5.79. The maximum Gasteiger partial charge on any atom is 0.321 e. The van der Waals surface area contributed by atoms with E-state index in [2.05, 4.69) is 5.32 Å². The summed E-state index contributed by atoms with van der Waals surface area (Å²) in [6, 6.07) is 6.58. The number of urea groups is 1. The smallest absolute Gasteiger partial charge is 0.321 e. The molecule has 0 aliphatic carbocycles. The molecule has 1 rings (SSSR count). The molecule has 0 heterocycles. The Morgan fingerprint density at radius 2 is 1.96 bits per heavy atom. The number of nitrogens with zero attached hydrogens (tertiary/aromatic N) is 1. The molecule has 0 saturated heterocycles. The number of benzene rings is 1. The van der Waals surface area contributed by atoms with Crippen molar-refractivity contribution in [1.29, 1.82) is 0 Å². The van der Waals surface area contributed by atoms with Crippen LogP contribution in [-0.4, -0.2) is 50.3 Å². The third kappa shape index (κ3) is 7.19. The van der Waals surface area contributed by atoms with Crippen molar-refractivity contribution in [2.24, 2.45) is 5.92 Å². The largest absolute Gasteiger partial charge is 0.469 e. The first-order valence-electron chi connectivity index (χ1n) is 7.95. The van der Waals surface area contributed by atoms with Crippen molar-refractivity contribution in [3.63, 3.8) is 0 Å². The molecule has 2 amide bonds. The highest BCUT2D eigenvalue weighted by molar-refractivity contribution is 6.30. The van der Waals surface area contributed by atoms with Gasteiger partial charge in [0.1, 0.15) is 0 Å². The van der Waals surface area contributed by atoms with Crippen LogP contribution in [0.4, 0.5) is 10.5 Å². The minimum absolute atomic E-state index is 0.274. The van der Waals surface area contributed by atoms with Gasteiger partial charge in [0.15, 0.2) is 0 Å². The number of carbonyl (C=O) groups is 2. The van der Waals surface area contributed by atoms with Gasteiger partial charge >= 0.3 is 12.0 Å². The maximum atomic E-state index is 12.5. The molecule has 0 fully saturated rings. The van der Waals surface area contributed by atoms with E-state index >= 15 is 0 Å². The van der Waals surface area contributed by atoms with Crippen LogP contribution in [0, 0.1) is 5.92 Å². The zero-order valence-corrected chi connectivity index (χ0v) is 15.1. The van der Waals surface area contributed by atoms with Crippen LogP contribution in [0.1, 0.15) is 20.3 Å². The van der Waals surface area contributed by atoms with Gasteiger partial charge in [0.2, 0.25) is 0 Å². The topological polar surface area (TPSA) is 67.9 Å². The fourth-order valence-electron chi connectivity index (χ4n) is 2.12. The Morgan fingerprint density at radius 1 is 1.29 bits per heavy atom. The number of esters is 1. The number of carbonyl (C=O) groups excluding carboxylic acids is 2. The molecule has 1 unspecified atom stereocenters. The molecule has 0 spiro atoms. The molecule has 0 saturated carbocycles. The van der Waals surface area contributed by atoms with Crippen molar-refractivity contribution in [3.8, 4) is 0 Å². The quantitative estimate of drug-likeness (QED) is 0.544. The van der Waals surface area contributed by atoms with E-state index in [9.17, 15) is 9.59 Å². The van der Waals surface area contributed by atoms with Crippen LogP contribution in [0.15, 0.2) is 24.3 Å². The molecule has 134 valence electrons. The first kappa shape index (κ1) is 20.3. The Balaban J connectivity index is 2.68. The Morgan fingerprint density at radius 3 is 2.54 bits per heavy atom. The Kier molecular flexibility index (Phi) is 9.19. The highest BCUT2D eigenvalue weighted by Gasteiger charge is 2.21. The minimum atomic E-state index is -0.405. The number of amides is 2.